The number of anilines is 2. The van der Waals surface area contributed by atoms with Crippen molar-refractivity contribution in [1.82, 2.24) is 4.90 Å². The molecule has 6 nitrogen and oxygen atoms in total. The van der Waals surface area contributed by atoms with Crippen molar-refractivity contribution in [1.29, 1.82) is 0 Å². The van der Waals surface area contributed by atoms with Crippen molar-refractivity contribution in [2.24, 2.45) is 5.73 Å². The Kier molecular flexibility index (Phi) is 5.16. The molecule has 114 valence electrons. The van der Waals surface area contributed by atoms with Crippen LogP contribution in [-0.2, 0) is 9.59 Å². The SMILES string of the molecule is NC(=O)CN(CC(=O)Nc1ccc(N)cc1)C1CCCC1. The molecule has 2 rings (SSSR count). The second-order valence-electron chi connectivity index (χ2n) is 5.48. The molecule has 1 saturated carbocycles. The summed E-state index contributed by atoms with van der Waals surface area (Å²) in [5.41, 5.74) is 12.2. The van der Waals surface area contributed by atoms with Gasteiger partial charge in [-0.05, 0) is 37.1 Å². The first-order chi connectivity index (χ1) is 10.0. The van der Waals surface area contributed by atoms with Crippen LogP contribution in [0, 0.1) is 0 Å². The predicted molar refractivity (Wildman–Crippen MR) is 82.5 cm³/mol. The van der Waals surface area contributed by atoms with Gasteiger partial charge in [-0.2, -0.15) is 0 Å². The Morgan fingerprint density at radius 2 is 1.76 bits per heavy atom. The van der Waals surface area contributed by atoms with Gasteiger partial charge >= 0.3 is 0 Å². The fourth-order valence-electron chi connectivity index (χ4n) is 2.74. The first-order valence-electron chi connectivity index (χ1n) is 7.22. The molecule has 0 aromatic heterocycles. The Labute approximate surface area is 124 Å². The third kappa shape index (κ3) is 4.75. The van der Waals surface area contributed by atoms with Crippen molar-refractivity contribution < 1.29 is 9.59 Å². The van der Waals surface area contributed by atoms with Crippen molar-refractivity contribution in [3.8, 4) is 0 Å². The van der Waals surface area contributed by atoms with E-state index in [-0.39, 0.29) is 25.0 Å². The lowest BCUT2D eigenvalue weighted by Gasteiger charge is -2.26. The summed E-state index contributed by atoms with van der Waals surface area (Å²) in [4.78, 5) is 25.2. The van der Waals surface area contributed by atoms with Crippen LogP contribution in [0.2, 0.25) is 0 Å². The Hall–Kier alpha value is -2.08. The maximum absolute atomic E-state index is 12.1. The summed E-state index contributed by atoms with van der Waals surface area (Å²) >= 11 is 0. The second kappa shape index (κ2) is 7.08. The molecular weight excluding hydrogens is 268 g/mol. The number of carbonyl (C=O) groups is 2. The van der Waals surface area contributed by atoms with Crippen LogP contribution in [0.15, 0.2) is 24.3 Å². The summed E-state index contributed by atoms with van der Waals surface area (Å²) in [6, 6.07) is 7.24. The summed E-state index contributed by atoms with van der Waals surface area (Å²) in [5, 5.41) is 2.81. The van der Waals surface area contributed by atoms with Gasteiger partial charge in [-0.15, -0.1) is 0 Å². The van der Waals surface area contributed by atoms with Crippen molar-refractivity contribution in [3.05, 3.63) is 24.3 Å². The lowest BCUT2D eigenvalue weighted by atomic mass is 10.2. The number of amides is 2. The highest BCUT2D eigenvalue weighted by molar-refractivity contribution is 5.92. The maximum Gasteiger partial charge on any atom is 0.238 e. The van der Waals surface area contributed by atoms with Gasteiger partial charge in [0.2, 0.25) is 11.8 Å². The molecule has 0 unspecified atom stereocenters. The molecule has 1 aromatic carbocycles. The van der Waals surface area contributed by atoms with Gasteiger partial charge in [-0.25, -0.2) is 0 Å². The first kappa shape index (κ1) is 15.3. The van der Waals surface area contributed by atoms with Crippen LogP contribution >= 0.6 is 0 Å². The van der Waals surface area contributed by atoms with Gasteiger partial charge in [0, 0.05) is 17.4 Å². The van der Waals surface area contributed by atoms with Crippen molar-refractivity contribution in [2.45, 2.75) is 31.7 Å². The van der Waals surface area contributed by atoms with E-state index in [1.165, 1.54) is 0 Å². The van der Waals surface area contributed by atoms with Crippen LogP contribution in [-0.4, -0.2) is 35.8 Å². The molecule has 1 fully saturated rings. The monoisotopic (exact) mass is 290 g/mol. The molecule has 0 radical (unpaired) electrons. The van der Waals surface area contributed by atoms with Crippen LogP contribution in [0.4, 0.5) is 11.4 Å². The Morgan fingerprint density at radius 3 is 2.33 bits per heavy atom. The fraction of sp³-hybridized carbons (Fsp3) is 0.467. The summed E-state index contributed by atoms with van der Waals surface area (Å²) in [6.45, 7) is 0.303. The molecule has 0 spiro atoms. The molecule has 21 heavy (non-hydrogen) atoms. The summed E-state index contributed by atoms with van der Waals surface area (Å²) < 4.78 is 0. The highest BCUT2D eigenvalue weighted by Gasteiger charge is 2.25. The molecule has 1 aliphatic rings. The number of rotatable bonds is 6. The molecular formula is C15H22N4O2. The van der Waals surface area contributed by atoms with E-state index in [1.54, 1.807) is 24.3 Å². The van der Waals surface area contributed by atoms with E-state index >= 15 is 0 Å². The zero-order valence-electron chi connectivity index (χ0n) is 12.0. The van der Waals surface area contributed by atoms with Crippen LogP contribution in [0.3, 0.4) is 0 Å². The molecule has 1 aliphatic carbocycles. The van der Waals surface area contributed by atoms with E-state index in [1.807, 2.05) is 4.90 Å². The van der Waals surface area contributed by atoms with Gasteiger partial charge in [0.25, 0.3) is 0 Å². The quantitative estimate of drug-likeness (QED) is 0.678. The Morgan fingerprint density at radius 1 is 1.14 bits per heavy atom. The van der Waals surface area contributed by atoms with Crippen LogP contribution in [0.5, 0.6) is 0 Å². The van der Waals surface area contributed by atoms with E-state index in [4.69, 9.17) is 11.5 Å². The average Bonchev–Trinajstić information content (AvgIpc) is 2.94. The molecule has 0 atom stereocenters. The van der Waals surface area contributed by atoms with Crippen LogP contribution < -0.4 is 16.8 Å². The largest absolute Gasteiger partial charge is 0.399 e. The highest BCUT2D eigenvalue weighted by Crippen LogP contribution is 2.23. The van der Waals surface area contributed by atoms with Crippen LogP contribution in [0.1, 0.15) is 25.7 Å². The number of hydrogen-bond acceptors (Lipinski definition) is 4. The molecule has 0 heterocycles. The lowest BCUT2D eigenvalue weighted by molar-refractivity contribution is -0.122. The molecule has 0 aliphatic heterocycles. The van der Waals surface area contributed by atoms with Crippen molar-refractivity contribution >= 4 is 23.2 Å². The first-order valence-corrected chi connectivity index (χ1v) is 7.22. The number of carbonyl (C=O) groups excluding carboxylic acids is 2. The van der Waals surface area contributed by atoms with Crippen LogP contribution in [0.25, 0.3) is 0 Å². The van der Waals surface area contributed by atoms with Gasteiger partial charge in [0.15, 0.2) is 0 Å². The second-order valence-corrected chi connectivity index (χ2v) is 5.48. The van der Waals surface area contributed by atoms with E-state index in [0.717, 1.165) is 25.7 Å². The normalized spacial score (nSPS) is 15.3. The van der Waals surface area contributed by atoms with E-state index in [0.29, 0.717) is 11.4 Å². The average molecular weight is 290 g/mol. The van der Waals surface area contributed by atoms with Gasteiger partial charge in [0.1, 0.15) is 0 Å². The van der Waals surface area contributed by atoms with Gasteiger partial charge in [-0.1, -0.05) is 12.8 Å². The number of nitrogens with two attached hydrogens (primary N) is 2. The summed E-state index contributed by atoms with van der Waals surface area (Å²) in [7, 11) is 0. The number of nitrogen functional groups attached to an aromatic ring is 1. The molecule has 0 bridgehead atoms. The molecule has 1 aromatic rings. The minimum Gasteiger partial charge on any atom is -0.399 e. The zero-order valence-corrected chi connectivity index (χ0v) is 12.0. The standard InChI is InChI=1S/C15H22N4O2/c16-11-5-7-12(8-6-11)18-15(21)10-19(9-14(17)20)13-3-1-2-4-13/h5-8,13H,1-4,9-10,16H2,(H2,17,20)(H,18,21). The summed E-state index contributed by atoms with van der Waals surface area (Å²) in [6.07, 6.45) is 4.31. The third-order valence-corrected chi connectivity index (χ3v) is 3.74. The zero-order chi connectivity index (χ0) is 15.2. The molecule has 5 N–H and O–H groups in total. The van der Waals surface area contributed by atoms with Gasteiger partial charge in [-0.3, -0.25) is 14.5 Å². The predicted octanol–water partition coefficient (Wildman–Crippen LogP) is 0.937. The minimum absolute atomic E-state index is 0.125. The minimum atomic E-state index is -0.401. The van der Waals surface area contributed by atoms with Gasteiger partial charge < -0.3 is 16.8 Å². The smallest absolute Gasteiger partial charge is 0.238 e. The molecule has 0 saturated heterocycles. The number of nitrogens with one attached hydrogen (secondary N) is 1. The van der Waals surface area contributed by atoms with Crippen molar-refractivity contribution in [3.63, 3.8) is 0 Å². The van der Waals surface area contributed by atoms with E-state index < -0.39 is 5.91 Å². The van der Waals surface area contributed by atoms with E-state index in [2.05, 4.69) is 5.32 Å². The number of benzene rings is 1. The number of hydrogen-bond donors (Lipinski definition) is 3. The fourth-order valence-corrected chi connectivity index (χ4v) is 2.74. The molecule has 6 heteroatoms. The maximum atomic E-state index is 12.1. The molecule has 2 amide bonds. The van der Waals surface area contributed by atoms with Crippen molar-refractivity contribution in [2.75, 3.05) is 24.1 Å². The number of nitrogens with zero attached hydrogens (tertiary/aromatic N) is 1. The Balaban J connectivity index is 1.93. The topological polar surface area (TPSA) is 101 Å². The summed E-state index contributed by atoms with van der Waals surface area (Å²) in [5.74, 6) is -0.546. The number of primary amides is 1. The third-order valence-electron chi connectivity index (χ3n) is 3.74. The lowest BCUT2D eigenvalue weighted by Crippen LogP contribution is -2.44. The van der Waals surface area contributed by atoms with Gasteiger partial charge in [0.05, 0.1) is 13.1 Å². The Bertz CT molecular complexity index is 495. The van der Waals surface area contributed by atoms with E-state index in [9.17, 15) is 9.59 Å². The highest BCUT2D eigenvalue weighted by atomic mass is 16.2.